The Hall–Kier alpha value is -0.810. The summed E-state index contributed by atoms with van der Waals surface area (Å²) < 4.78 is 11.2. The van der Waals surface area contributed by atoms with Crippen LogP contribution in [-0.2, 0) is 9.47 Å². The summed E-state index contributed by atoms with van der Waals surface area (Å²) in [4.78, 5) is 14.5. The van der Waals surface area contributed by atoms with Crippen LogP contribution in [0, 0.1) is 0 Å². The Bertz CT molecular complexity index is 407. The Labute approximate surface area is 133 Å². The van der Waals surface area contributed by atoms with Crippen molar-refractivity contribution in [2.45, 2.75) is 95.7 Å². The number of hydrogen-bond donors (Lipinski definition) is 1. The van der Waals surface area contributed by atoms with Crippen molar-refractivity contribution in [2.24, 2.45) is 0 Å². The summed E-state index contributed by atoms with van der Waals surface area (Å²) in [6, 6.07) is 1.65. The molecule has 0 aromatic rings. The van der Waals surface area contributed by atoms with Gasteiger partial charge in [-0.25, -0.2) is 4.79 Å². The van der Waals surface area contributed by atoms with Gasteiger partial charge in [-0.3, -0.25) is 0 Å². The molecule has 0 aromatic heterocycles. The van der Waals surface area contributed by atoms with Crippen molar-refractivity contribution in [1.82, 2.24) is 10.2 Å². The van der Waals surface area contributed by atoms with Gasteiger partial charge in [-0.15, -0.1) is 0 Å². The minimum atomic E-state index is -0.414. The monoisotopic (exact) mass is 310 g/mol. The highest BCUT2D eigenvalue weighted by Crippen LogP contribution is 2.37. The number of rotatable bonds is 2. The van der Waals surface area contributed by atoms with E-state index in [1.165, 1.54) is 0 Å². The molecule has 4 unspecified atom stereocenters. The van der Waals surface area contributed by atoms with E-state index in [4.69, 9.17) is 9.47 Å². The molecule has 22 heavy (non-hydrogen) atoms. The summed E-state index contributed by atoms with van der Waals surface area (Å²) in [7, 11) is 0. The van der Waals surface area contributed by atoms with E-state index in [2.05, 4.69) is 12.2 Å². The number of amides is 1. The van der Waals surface area contributed by atoms with Crippen LogP contribution in [0.5, 0.6) is 0 Å². The molecular weight excluding hydrogens is 280 g/mol. The van der Waals surface area contributed by atoms with Crippen molar-refractivity contribution in [3.8, 4) is 0 Å². The first-order valence-corrected chi connectivity index (χ1v) is 8.72. The second-order valence-electron chi connectivity index (χ2n) is 8.08. The van der Waals surface area contributed by atoms with Crippen molar-refractivity contribution < 1.29 is 14.3 Å². The lowest BCUT2D eigenvalue weighted by molar-refractivity contribution is 0.00369. The lowest BCUT2D eigenvalue weighted by Crippen LogP contribution is -2.54. The van der Waals surface area contributed by atoms with Gasteiger partial charge in [0.2, 0.25) is 0 Å². The van der Waals surface area contributed by atoms with Gasteiger partial charge < -0.3 is 19.7 Å². The third-order valence-electron chi connectivity index (χ3n) is 5.16. The maximum absolute atomic E-state index is 12.4. The predicted molar refractivity (Wildman–Crippen MR) is 84.9 cm³/mol. The van der Waals surface area contributed by atoms with Crippen LogP contribution in [0.3, 0.4) is 0 Å². The van der Waals surface area contributed by atoms with E-state index >= 15 is 0 Å². The van der Waals surface area contributed by atoms with Gasteiger partial charge in [0, 0.05) is 30.8 Å². The fourth-order valence-electron chi connectivity index (χ4n) is 4.18. The molecule has 0 aromatic carbocycles. The van der Waals surface area contributed by atoms with Crippen molar-refractivity contribution >= 4 is 6.09 Å². The van der Waals surface area contributed by atoms with Crippen molar-refractivity contribution in [3.05, 3.63) is 0 Å². The van der Waals surface area contributed by atoms with E-state index < -0.39 is 5.60 Å². The van der Waals surface area contributed by atoms with Crippen LogP contribution in [0.15, 0.2) is 0 Å². The summed E-state index contributed by atoms with van der Waals surface area (Å²) in [5.41, 5.74) is -0.414. The molecule has 0 aliphatic carbocycles. The molecule has 126 valence electrons. The second-order valence-corrected chi connectivity index (χ2v) is 8.08. The zero-order valence-electron chi connectivity index (χ0n) is 14.3. The van der Waals surface area contributed by atoms with Crippen LogP contribution in [0.2, 0.25) is 0 Å². The molecular formula is C17H30N2O3. The zero-order chi connectivity index (χ0) is 15.9. The van der Waals surface area contributed by atoms with E-state index in [9.17, 15) is 4.79 Å². The number of fused-ring (bicyclic) bond motifs is 2. The molecule has 0 saturated carbocycles. The Morgan fingerprint density at radius 2 is 1.82 bits per heavy atom. The number of carbonyl (C=O) groups excluding carboxylic acids is 1. The van der Waals surface area contributed by atoms with Gasteiger partial charge in [0.05, 0.1) is 6.10 Å². The smallest absolute Gasteiger partial charge is 0.410 e. The molecule has 5 heteroatoms. The van der Waals surface area contributed by atoms with Crippen molar-refractivity contribution in [3.63, 3.8) is 0 Å². The number of ether oxygens (including phenoxy) is 2. The highest BCUT2D eigenvalue weighted by atomic mass is 16.6. The maximum Gasteiger partial charge on any atom is 0.410 e. The molecule has 3 saturated heterocycles. The molecule has 3 aliphatic heterocycles. The van der Waals surface area contributed by atoms with Crippen LogP contribution in [-0.4, -0.2) is 53.5 Å². The van der Waals surface area contributed by atoms with Crippen LogP contribution in [0.4, 0.5) is 4.79 Å². The Morgan fingerprint density at radius 1 is 1.18 bits per heavy atom. The standard InChI is InChI=1S/C17H30N2O3/c1-11-15(7-8-21-11)18-12-9-13-5-6-14(10-12)19(13)16(20)22-17(2,3)4/h11-15,18H,5-10H2,1-4H3. The first-order valence-electron chi connectivity index (χ1n) is 8.72. The first kappa shape index (κ1) is 16.1. The molecule has 3 rings (SSSR count). The van der Waals surface area contributed by atoms with Gasteiger partial charge in [-0.1, -0.05) is 0 Å². The molecule has 3 fully saturated rings. The molecule has 3 heterocycles. The molecule has 0 spiro atoms. The van der Waals surface area contributed by atoms with Gasteiger partial charge in [-0.2, -0.15) is 0 Å². The minimum absolute atomic E-state index is 0.129. The highest BCUT2D eigenvalue weighted by Gasteiger charge is 2.45. The van der Waals surface area contributed by atoms with Crippen LogP contribution >= 0.6 is 0 Å². The number of hydrogen-bond acceptors (Lipinski definition) is 4. The average Bonchev–Trinajstić information content (AvgIpc) is 2.90. The van der Waals surface area contributed by atoms with Crippen molar-refractivity contribution in [2.75, 3.05) is 6.61 Å². The summed E-state index contributed by atoms with van der Waals surface area (Å²) in [6.45, 7) is 8.81. The topological polar surface area (TPSA) is 50.8 Å². The molecule has 5 nitrogen and oxygen atoms in total. The summed E-state index contributed by atoms with van der Waals surface area (Å²) in [5.74, 6) is 0. The van der Waals surface area contributed by atoms with Gasteiger partial charge in [0.25, 0.3) is 0 Å². The fourth-order valence-corrected chi connectivity index (χ4v) is 4.18. The largest absolute Gasteiger partial charge is 0.444 e. The number of nitrogens with one attached hydrogen (secondary N) is 1. The number of carbonyl (C=O) groups is 1. The summed E-state index contributed by atoms with van der Waals surface area (Å²) >= 11 is 0. The minimum Gasteiger partial charge on any atom is -0.444 e. The zero-order valence-corrected chi connectivity index (χ0v) is 14.3. The maximum atomic E-state index is 12.4. The molecule has 3 aliphatic rings. The second kappa shape index (κ2) is 6.00. The van der Waals surface area contributed by atoms with Crippen LogP contribution in [0.1, 0.15) is 59.8 Å². The van der Waals surface area contributed by atoms with Gasteiger partial charge in [0.1, 0.15) is 5.60 Å². The lowest BCUT2D eigenvalue weighted by Gasteiger charge is -2.40. The normalized spacial score (nSPS) is 38.4. The highest BCUT2D eigenvalue weighted by molar-refractivity contribution is 5.69. The van der Waals surface area contributed by atoms with Gasteiger partial charge >= 0.3 is 6.09 Å². The Morgan fingerprint density at radius 3 is 2.32 bits per heavy atom. The van der Waals surface area contributed by atoms with Crippen LogP contribution in [0.25, 0.3) is 0 Å². The van der Waals surface area contributed by atoms with E-state index in [0.717, 1.165) is 38.7 Å². The van der Waals surface area contributed by atoms with Gasteiger partial charge in [-0.05, 0) is 59.8 Å². The molecule has 2 bridgehead atoms. The predicted octanol–water partition coefficient (Wildman–Crippen LogP) is 2.68. The summed E-state index contributed by atoms with van der Waals surface area (Å²) in [6.07, 6.45) is 5.58. The van der Waals surface area contributed by atoms with E-state index in [1.807, 2.05) is 25.7 Å². The Balaban J connectivity index is 1.58. The number of nitrogens with zero attached hydrogens (tertiary/aromatic N) is 1. The molecule has 4 atom stereocenters. The fraction of sp³-hybridized carbons (Fsp3) is 0.941. The first-order chi connectivity index (χ1) is 10.3. The SMILES string of the molecule is CC1OCCC1NC1CC2CCC(C1)N2C(=O)OC(C)(C)C. The molecule has 1 amide bonds. The molecule has 1 N–H and O–H groups in total. The van der Waals surface area contributed by atoms with E-state index in [1.54, 1.807) is 0 Å². The number of piperidine rings is 1. The van der Waals surface area contributed by atoms with E-state index in [0.29, 0.717) is 30.3 Å². The van der Waals surface area contributed by atoms with E-state index in [-0.39, 0.29) is 6.09 Å². The average molecular weight is 310 g/mol. The molecule has 0 radical (unpaired) electrons. The third-order valence-corrected chi connectivity index (χ3v) is 5.16. The van der Waals surface area contributed by atoms with Crippen LogP contribution < -0.4 is 5.32 Å². The Kier molecular flexibility index (Phi) is 4.38. The lowest BCUT2D eigenvalue weighted by atomic mass is 9.96. The van der Waals surface area contributed by atoms with Gasteiger partial charge in [0.15, 0.2) is 0 Å². The quantitative estimate of drug-likeness (QED) is 0.852. The summed E-state index contributed by atoms with van der Waals surface area (Å²) in [5, 5.41) is 3.77. The third kappa shape index (κ3) is 3.40. The van der Waals surface area contributed by atoms with Crippen molar-refractivity contribution in [1.29, 1.82) is 0 Å².